The zero-order valence-electron chi connectivity index (χ0n) is 23.7. The summed E-state index contributed by atoms with van der Waals surface area (Å²) < 4.78 is 37.1. The van der Waals surface area contributed by atoms with Crippen molar-refractivity contribution in [2.75, 3.05) is 6.61 Å². The Morgan fingerprint density at radius 1 is 0.629 bits per heavy atom. The van der Waals surface area contributed by atoms with Gasteiger partial charge < -0.3 is 4.55 Å². The van der Waals surface area contributed by atoms with E-state index in [0.717, 1.165) is 19.3 Å². The first-order valence-corrected chi connectivity index (χ1v) is 16.1. The van der Waals surface area contributed by atoms with Gasteiger partial charge in [0.1, 0.15) is 0 Å². The Bertz CT molecular complexity index is 537. The molecule has 0 fully saturated rings. The molecule has 0 rings (SSSR count). The van der Waals surface area contributed by atoms with Crippen LogP contribution in [0.15, 0.2) is 12.2 Å². The zero-order chi connectivity index (χ0) is 25.2. The van der Waals surface area contributed by atoms with Crippen molar-refractivity contribution in [1.82, 2.24) is 0 Å². The summed E-state index contributed by atoms with van der Waals surface area (Å²) in [5, 5.41) is 0. The molecule has 4 nitrogen and oxygen atoms in total. The van der Waals surface area contributed by atoms with Crippen LogP contribution in [0.25, 0.3) is 0 Å². The summed E-state index contributed by atoms with van der Waals surface area (Å²) in [7, 11) is -4.61. The van der Waals surface area contributed by atoms with Gasteiger partial charge >= 0.3 is 51.4 Å². The van der Waals surface area contributed by atoms with E-state index in [2.05, 4.69) is 30.2 Å². The predicted octanol–water partition coefficient (Wildman–Crippen LogP) is 6.65. The molecule has 35 heavy (non-hydrogen) atoms. The largest absolute Gasteiger partial charge is 1.00 e. The molecule has 0 aliphatic carbocycles. The molecule has 0 heterocycles. The van der Waals surface area contributed by atoms with Gasteiger partial charge in [0, 0.05) is 5.92 Å². The Labute approximate surface area is 262 Å². The van der Waals surface area contributed by atoms with Gasteiger partial charge in [-0.05, 0) is 19.3 Å². The fourth-order valence-corrected chi connectivity index (χ4v) is 4.86. The third-order valence-electron chi connectivity index (χ3n) is 6.74. The molecule has 6 heteroatoms. The summed E-state index contributed by atoms with van der Waals surface area (Å²) in [5.41, 5.74) is 0. The Morgan fingerprint density at radius 2 is 1.00 bits per heavy atom. The van der Waals surface area contributed by atoms with Crippen molar-refractivity contribution in [1.29, 1.82) is 0 Å². The Balaban J connectivity index is 0. The van der Waals surface area contributed by atoms with Crippen LogP contribution in [0.2, 0.25) is 0 Å². The molecule has 0 bridgehead atoms. The molecular formula is C29H57KO4S. The van der Waals surface area contributed by atoms with Gasteiger partial charge in [-0.1, -0.05) is 154 Å². The van der Waals surface area contributed by atoms with E-state index in [9.17, 15) is 13.0 Å². The molecule has 0 N–H and O–H groups in total. The SMILES string of the molecule is CCCCCCCC/C=C/C(CCCCCCCCCCCCCCCCC)COS(=O)(=O)[O-].[K+]. The average molecular weight is 541 g/mol. The standard InChI is InChI=1S/C29H58O4S.K/c1-3-5-7-9-11-13-14-15-16-17-18-19-21-23-25-27-29(28-33-34(30,31)32)26-24-22-20-12-10-8-6-4-2;/h24,26,29H,3-23,25,27-28H2,1-2H3,(H,30,31,32);/q;+1/p-1/b26-24+;. The smallest absolute Gasteiger partial charge is 0.726 e. The first-order valence-electron chi connectivity index (χ1n) is 14.8. The third-order valence-corrected chi connectivity index (χ3v) is 7.16. The second-order valence-corrected chi connectivity index (χ2v) is 11.2. The molecule has 0 radical (unpaired) electrons. The third kappa shape index (κ3) is 33.2. The van der Waals surface area contributed by atoms with Gasteiger partial charge in [0.05, 0.1) is 6.61 Å². The maximum Gasteiger partial charge on any atom is 1.00 e. The quantitative estimate of drug-likeness (QED) is 0.0384. The molecule has 1 unspecified atom stereocenters. The number of hydrogen-bond acceptors (Lipinski definition) is 4. The fourth-order valence-electron chi connectivity index (χ4n) is 4.51. The molecule has 0 saturated heterocycles. The first kappa shape index (κ1) is 38.4. The zero-order valence-corrected chi connectivity index (χ0v) is 27.7. The van der Waals surface area contributed by atoms with Gasteiger partial charge in [0.25, 0.3) is 0 Å². The molecule has 0 saturated carbocycles. The molecule has 0 spiro atoms. The Hall–Kier alpha value is 1.25. The van der Waals surface area contributed by atoms with Crippen LogP contribution in [0.5, 0.6) is 0 Å². The van der Waals surface area contributed by atoms with E-state index >= 15 is 0 Å². The van der Waals surface area contributed by atoms with Gasteiger partial charge in [0.15, 0.2) is 0 Å². The van der Waals surface area contributed by atoms with Crippen molar-refractivity contribution in [2.24, 2.45) is 5.92 Å². The van der Waals surface area contributed by atoms with Crippen molar-refractivity contribution in [3.63, 3.8) is 0 Å². The molecule has 0 amide bonds. The second kappa shape index (κ2) is 29.8. The van der Waals surface area contributed by atoms with Crippen molar-refractivity contribution in [2.45, 2.75) is 162 Å². The second-order valence-electron chi connectivity index (χ2n) is 10.2. The number of allylic oxidation sites excluding steroid dienone is 1. The van der Waals surface area contributed by atoms with Gasteiger partial charge in [-0.2, -0.15) is 0 Å². The van der Waals surface area contributed by atoms with Crippen LogP contribution in [0.4, 0.5) is 0 Å². The minimum atomic E-state index is -4.61. The Kier molecular flexibility index (Phi) is 32.7. The van der Waals surface area contributed by atoms with Crippen LogP contribution in [0, 0.1) is 5.92 Å². The van der Waals surface area contributed by atoms with E-state index in [4.69, 9.17) is 0 Å². The van der Waals surface area contributed by atoms with Gasteiger partial charge in [0.2, 0.25) is 10.4 Å². The number of rotatable bonds is 27. The molecular weight excluding hydrogens is 483 g/mol. The minimum absolute atomic E-state index is 0. The van der Waals surface area contributed by atoms with E-state index in [1.54, 1.807) is 0 Å². The average Bonchev–Trinajstić information content (AvgIpc) is 2.80. The Morgan fingerprint density at radius 3 is 1.40 bits per heavy atom. The number of unbranched alkanes of at least 4 members (excludes halogenated alkanes) is 20. The summed E-state index contributed by atoms with van der Waals surface area (Å²) in [4.78, 5) is 0. The van der Waals surface area contributed by atoms with Gasteiger partial charge in [-0.15, -0.1) is 0 Å². The van der Waals surface area contributed by atoms with Gasteiger partial charge in [-0.25, -0.2) is 8.42 Å². The van der Waals surface area contributed by atoms with Crippen LogP contribution in [-0.4, -0.2) is 19.6 Å². The van der Waals surface area contributed by atoms with Crippen molar-refractivity contribution < 1.29 is 68.5 Å². The van der Waals surface area contributed by atoms with Crippen molar-refractivity contribution >= 4 is 10.4 Å². The summed E-state index contributed by atoms with van der Waals surface area (Å²) in [6.07, 6.45) is 33.8. The molecule has 0 aromatic carbocycles. The first-order chi connectivity index (χ1) is 16.5. The van der Waals surface area contributed by atoms with E-state index in [-0.39, 0.29) is 63.9 Å². The van der Waals surface area contributed by atoms with Crippen LogP contribution in [-0.2, 0) is 14.6 Å². The minimum Gasteiger partial charge on any atom is -0.726 e. The van der Waals surface area contributed by atoms with Crippen molar-refractivity contribution in [3.8, 4) is 0 Å². The van der Waals surface area contributed by atoms with E-state index in [1.807, 2.05) is 0 Å². The molecule has 204 valence electrons. The summed E-state index contributed by atoms with van der Waals surface area (Å²) in [5.74, 6) is 0.0192. The van der Waals surface area contributed by atoms with Crippen LogP contribution < -0.4 is 51.4 Å². The molecule has 0 aliphatic rings. The fraction of sp³-hybridized carbons (Fsp3) is 0.931. The number of hydrogen-bond donors (Lipinski definition) is 0. The maximum atomic E-state index is 10.8. The molecule has 0 aromatic rings. The maximum absolute atomic E-state index is 10.8. The normalized spacial score (nSPS) is 12.8. The molecule has 0 aliphatic heterocycles. The van der Waals surface area contributed by atoms with Crippen LogP contribution in [0.3, 0.4) is 0 Å². The summed E-state index contributed by atoms with van der Waals surface area (Å²) in [6.45, 7) is 4.48. The van der Waals surface area contributed by atoms with Crippen LogP contribution in [0.1, 0.15) is 162 Å². The van der Waals surface area contributed by atoms with E-state index in [0.29, 0.717) is 0 Å². The van der Waals surface area contributed by atoms with E-state index < -0.39 is 10.4 Å². The summed E-state index contributed by atoms with van der Waals surface area (Å²) >= 11 is 0. The summed E-state index contributed by atoms with van der Waals surface area (Å²) in [6, 6.07) is 0. The van der Waals surface area contributed by atoms with Gasteiger partial charge in [-0.3, -0.25) is 4.18 Å². The monoisotopic (exact) mass is 540 g/mol. The van der Waals surface area contributed by atoms with Crippen molar-refractivity contribution in [3.05, 3.63) is 12.2 Å². The molecule has 0 aromatic heterocycles. The predicted molar refractivity (Wildman–Crippen MR) is 146 cm³/mol. The topological polar surface area (TPSA) is 66.4 Å². The van der Waals surface area contributed by atoms with Crippen LogP contribution >= 0.6 is 0 Å². The van der Waals surface area contributed by atoms with E-state index in [1.165, 1.54) is 128 Å². The molecule has 1 atom stereocenters.